The van der Waals surface area contributed by atoms with Crippen LogP contribution in [0.3, 0.4) is 0 Å². The van der Waals surface area contributed by atoms with Crippen LogP contribution in [0.5, 0.6) is 0 Å². The minimum Gasteiger partial charge on any atom is -0.466 e. The molecule has 0 saturated heterocycles. The third-order valence-electron chi connectivity index (χ3n) is 2.38. The molecular formula is C15H16N2O3. The predicted octanol–water partition coefficient (Wildman–Crippen LogP) is 1.64. The summed E-state index contributed by atoms with van der Waals surface area (Å²) in [6.45, 7) is 2.30. The van der Waals surface area contributed by atoms with E-state index in [1.807, 2.05) is 6.07 Å². The van der Waals surface area contributed by atoms with Gasteiger partial charge in [0.1, 0.15) is 0 Å². The van der Waals surface area contributed by atoms with Crippen LogP contribution >= 0.6 is 0 Å². The van der Waals surface area contributed by atoms with Crippen LogP contribution in [0.15, 0.2) is 30.3 Å². The SMILES string of the molecule is CCOC(=O)CCNC(=O)C=Cc1cccc(C#N)c1. The smallest absolute Gasteiger partial charge is 0.307 e. The molecule has 0 aliphatic carbocycles. The summed E-state index contributed by atoms with van der Waals surface area (Å²) in [5.74, 6) is -0.629. The van der Waals surface area contributed by atoms with E-state index < -0.39 is 0 Å². The third-order valence-corrected chi connectivity index (χ3v) is 2.38. The molecule has 0 fully saturated rings. The minimum absolute atomic E-state index is 0.150. The molecule has 0 saturated carbocycles. The molecule has 1 aromatic rings. The Bertz CT molecular complexity index is 544. The fourth-order valence-electron chi connectivity index (χ4n) is 1.46. The third kappa shape index (κ3) is 5.83. The fraction of sp³-hybridized carbons (Fsp3) is 0.267. The number of nitrogens with one attached hydrogen (secondary N) is 1. The van der Waals surface area contributed by atoms with Gasteiger partial charge in [-0.3, -0.25) is 9.59 Å². The number of carbonyl (C=O) groups excluding carboxylic acids is 2. The van der Waals surface area contributed by atoms with E-state index in [0.29, 0.717) is 12.2 Å². The quantitative estimate of drug-likeness (QED) is 0.630. The molecule has 1 aromatic carbocycles. The Morgan fingerprint density at radius 3 is 2.95 bits per heavy atom. The van der Waals surface area contributed by atoms with Crippen molar-refractivity contribution in [2.24, 2.45) is 0 Å². The Morgan fingerprint density at radius 2 is 2.25 bits per heavy atom. The van der Waals surface area contributed by atoms with Gasteiger partial charge in [-0.15, -0.1) is 0 Å². The van der Waals surface area contributed by atoms with E-state index in [1.165, 1.54) is 6.08 Å². The molecule has 0 aliphatic rings. The van der Waals surface area contributed by atoms with Gasteiger partial charge in [-0.2, -0.15) is 5.26 Å². The summed E-state index contributed by atoms with van der Waals surface area (Å²) >= 11 is 0. The highest BCUT2D eigenvalue weighted by Crippen LogP contribution is 2.05. The Morgan fingerprint density at radius 1 is 1.45 bits per heavy atom. The number of hydrogen-bond donors (Lipinski definition) is 1. The van der Waals surface area contributed by atoms with Crippen LogP contribution in [0.1, 0.15) is 24.5 Å². The van der Waals surface area contributed by atoms with E-state index >= 15 is 0 Å². The molecule has 0 heterocycles. The molecule has 0 aliphatic heterocycles. The van der Waals surface area contributed by atoms with Crippen molar-refractivity contribution >= 4 is 18.0 Å². The molecule has 5 heteroatoms. The second-order valence-corrected chi connectivity index (χ2v) is 3.92. The monoisotopic (exact) mass is 272 g/mol. The maximum Gasteiger partial charge on any atom is 0.307 e. The zero-order valence-electron chi connectivity index (χ0n) is 11.3. The van der Waals surface area contributed by atoms with Gasteiger partial charge in [0.25, 0.3) is 0 Å². The van der Waals surface area contributed by atoms with Crippen LogP contribution in [-0.4, -0.2) is 25.0 Å². The lowest BCUT2D eigenvalue weighted by Gasteiger charge is -2.02. The van der Waals surface area contributed by atoms with E-state index in [2.05, 4.69) is 5.32 Å². The van der Waals surface area contributed by atoms with Gasteiger partial charge in [-0.05, 0) is 30.7 Å². The van der Waals surface area contributed by atoms with E-state index in [4.69, 9.17) is 10.00 Å². The van der Waals surface area contributed by atoms with Crippen molar-refractivity contribution in [3.63, 3.8) is 0 Å². The summed E-state index contributed by atoms with van der Waals surface area (Å²) in [6.07, 6.45) is 3.12. The Balaban J connectivity index is 2.40. The van der Waals surface area contributed by atoms with Gasteiger partial charge in [0.05, 0.1) is 24.7 Å². The molecule has 20 heavy (non-hydrogen) atoms. The van der Waals surface area contributed by atoms with Crippen LogP contribution < -0.4 is 5.32 Å². The van der Waals surface area contributed by atoms with Crippen molar-refractivity contribution in [3.8, 4) is 6.07 Å². The highest BCUT2D eigenvalue weighted by atomic mass is 16.5. The van der Waals surface area contributed by atoms with Crippen molar-refractivity contribution in [3.05, 3.63) is 41.5 Å². The molecule has 1 N–H and O–H groups in total. The number of esters is 1. The lowest BCUT2D eigenvalue weighted by Crippen LogP contribution is -2.24. The first-order valence-corrected chi connectivity index (χ1v) is 6.27. The number of ether oxygens (including phenoxy) is 1. The number of rotatable bonds is 6. The van der Waals surface area contributed by atoms with Gasteiger partial charge in [0.15, 0.2) is 0 Å². The fourth-order valence-corrected chi connectivity index (χ4v) is 1.46. The highest BCUT2D eigenvalue weighted by molar-refractivity contribution is 5.91. The summed E-state index contributed by atoms with van der Waals surface area (Å²) in [7, 11) is 0. The van der Waals surface area contributed by atoms with Gasteiger partial charge in [0, 0.05) is 12.6 Å². The van der Waals surface area contributed by atoms with Gasteiger partial charge >= 0.3 is 5.97 Å². The van der Waals surface area contributed by atoms with Crippen molar-refractivity contribution < 1.29 is 14.3 Å². The van der Waals surface area contributed by atoms with Crippen LogP contribution in [0.4, 0.5) is 0 Å². The Hall–Kier alpha value is -2.61. The maximum absolute atomic E-state index is 11.5. The van der Waals surface area contributed by atoms with Crippen LogP contribution in [0.2, 0.25) is 0 Å². The molecule has 0 radical (unpaired) electrons. The zero-order valence-corrected chi connectivity index (χ0v) is 11.3. The van der Waals surface area contributed by atoms with Crippen LogP contribution in [0, 0.1) is 11.3 Å². The first-order chi connectivity index (χ1) is 9.65. The van der Waals surface area contributed by atoms with Crippen LogP contribution in [0.25, 0.3) is 6.08 Å². The van der Waals surface area contributed by atoms with Crippen molar-refractivity contribution in [2.45, 2.75) is 13.3 Å². The number of nitriles is 1. The van der Waals surface area contributed by atoms with Gasteiger partial charge in [-0.25, -0.2) is 0 Å². The number of amides is 1. The lowest BCUT2D eigenvalue weighted by atomic mass is 10.1. The maximum atomic E-state index is 11.5. The van der Waals surface area contributed by atoms with Crippen molar-refractivity contribution in [2.75, 3.05) is 13.2 Å². The summed E-state index contributed by atoms with van der Waals surface area (Å²) in [5.41, 5.74) is 1.31. The largest absolute Gasteiger partial charge is 0.466 e. The molecular weight excluding hydrogens is 256 g/mol. The molecule has 0 spiro atoms. The average molecular weight is 272 g/mol. The summed E-state index contributed by atoms with van der Waals surface area (Å²) in [4.78, 5) is 22.5. The number of benzene rings is 1. The number of carbonyl (C=O) groups is 2. The number of nitrogens with zero attached hydrogens (tertiary/aromatic N) is 1. The van der Waals surface area contributed by atoms with Gasteiger partial charge in [-0.1, -0.05) is 12.1 Å². The zero-order chi connectivity index (χ0) is 14.8. The molecule has 1 rings (SSSR count). The van der Waals surface area contributed by atoms with Gasteiger partial charge in [0.2, 0.25) is 5.91 Å². The van der Waals surface area contributed by atoms with E-state index in [1.54, 1.807) is 37.3 Å². The van der Waals surface area contributed by atoms with E-state index in [-0.39, 0.29) is 24.8 Å². The lowest BCUT2D eigenvalue weighted by molar-refractivity contribution is -0.142. The second-order valence-electron chi connectivity index (χ2n) is 3.92. The summed E-state index contributed by atoms with van der Waals surface area (Å²) in [5, 5.41) is 11.3. The molecule has 0 bridgehead atoms. The Kier molecular flexibility index (Phi) is 6.55. The molecule has 0 unspecified atom stereocenters. The molecule has 1 amide bonds. The summed E-state index contributed by atoms with van der Waals surface area (Å²) in [6, 6.07) is 8.94. The van der Waals surface area contributed by atoms with E-state index in [0.717, 1.165) is 5.56 Å². The second kappa shape index (κ2) is 8.48. The minimum atomic E-state index is -0.335. The first kappa shape index (κ1) is 15.4. The van der Waals surface area contributed by atoms with Crippen LogP contribution in [-0.2, 0) is 14.3 Å². The highest BCUT2D eigenvalue weighted by Gasteiger charge is 2.02. The molecule has 0 aromatic heterocycles. The van der Waals surface area contributed by atoms with Crippen molar-refractivity contribution in [1.82, 2.24) is 5.32 Å². The number of hydrogen-bond acceptors (Lipinski definition) is 4. The van der Waals surface area contributed by atoms with E-state index in [9.17, 15) is 9.59 Å². The molecule has 104 valence electrons. The molecule has 0 atom stereocenters. The first-order valence-electron chi connectivity index (χ1n) is 6.27. The average Bonchev–Trinajstić information content (AvgIpc) is 2.45. The van der Waals surface area contributed by atoms with Crippen molar-refractivity contribution in [1.29, 1.82) is 5.26 Å². The topological polar surface area (TPSA) is 79.2 Å². The predicted molar refractivity (Wildman–Crippen MR) is 74.5 cm³/mol. The standard InChI is InChI=1S/C15H16N2O3/c1-2-20-15(19)8-9-17-14(18)7-6-12-4-3-5-13(10-12)11-16/h3-7,10H,2,8-9H2,1H3,(H,17,18). The molecule has 5 nitrogen and oxygen atoms in total. The summed E-state index contributed by atoms with van der Waals surface area (Å²) < 4.78 is 4.74. The Labute approximate surface area is 117 Å². The van der Waals surface area contributed by atoms with Gasteiger partial charge < -0.3 is 10.1 Å². The normalized spacial score (nSPS) is 10.0.